The lowest BCUT2D eigenvalue weighted by Crippen LogP contribution is -2.55. The molecule has 0 bridgehead atoms. The average molecular weight is 564 g/mol. The van der Waals surface area contributed by atoms with Gasteiger partial charge in [-0.1, -0.05) is 36.4 Å². The van der Waals surface area contributed by atoms with Gasteiger partial charge in [-0.15, -0.1) is 0 Å². The molecule has 210 valence electrons. The standard InChI is InChI=1S/C29H24F3N5O4/c1-3-35-27-23(17(2)34-36(27)21-12-5-4-6-13-21)24(18-9-8-14-22(16-18)37(40)41)25(28(35)39)33-26(38)19-10-7-11-20(15-19)29(30,31)32/h4-16,24-25H,3H2,1-2H3,(H,33,38)/t24-,25-/m1/s1. The first-order valence-electron chi connectivity index (χ1n) is 12.7. The topological polar surface area (TPSA) is 110 Å². The summed E-state index contributed by atoms with van der Waals surface area (Å²) >= 11 is 0. The lowest BCUT2D eigenvalue weighted by molar-refractivity contribution is -0.384. The predicted octanol–water partition coefficient (Wildman–Crippen LogP) is 5.40. The van der Waals surface area contributed by atoms with Crippen LogP contribution in [0, 0.1) is 17.0 Å². The zero-order chi connectivity index (χ0) is 29.5. The summed E-state index contributed by atoms with van der Waals surface area (Å²) in [4.78, 5) is 39.9. The van der Waals surface area contributed by atoms with Crippen LogP contribution in [-0.4, -0.2) is 39.1 Å². The molecule has 2 amide bonds. The number of benzene rings is 3. The third-order valence-electron chi connectivity index (χ3n) is 7.01. The number of fused-ring (bicyclic) bond motifs is 1. The number of nitro benzene ring substituents is 1. The van der Waals surface area contributed by atoms with Crippen LogP contribution in [0.1, 0.15) is 45.6 Å². The molecule has 12 heteroatoms. The highest BCUT2D eigenvalue weighted by Crippen LogP contribution is 2.44. The van der Waals surface area contributed by atoms with Gasteiger partial charge in [-0.05, 0) is 49.7 Å². The van der Waals surface area contributed by atoms with Gasteiger partial charge >= 0.3 is 6.18 Å². The second-order valence-electron chi connectivity index (χ2n) is 9.51. The number of aryl methyl sites for hydroxylation is 1. The number of nitrogens with zero attached hydrogens (tertiary/aromatic N) is 4. The minimum Gasteiger partial charge on any atom is -0.339 e. The zero-order valence-corrected chi connectivity index (χ0v) is 21.9. The van der Waals surface area contributed by atoms with E-state index < -0.39 is 40.4 Å². The van der Waals surface area contributed by atoms with Crippen LogP contribution in [0.4, 0.5) is 24.7 Å². The molecule has 0 saturated carbocycles. The van der Waals surface area contributed by atoms with Crippen molar-refractivity contribution in [3.63, 3.8) is 0 Å². The normalized spacial score (nSPS) is 16.8. The number of anilines is 1. The number of non-ortho nitro benzene ring substituents is 1. The number of para-hydroxylation sites is 1. The molecule has 1 aliphatic heterocycles. The summed E-state index contributed by atoms with van der Waals surface area (Å²) in [6.45, 7) is 3.68. The lowest BCUT2D eigenvalue weighted by Gasteiger charge is -2.38. The molecule has 3 aromatic carbocycles. The number of likely N-dealkylation sites (N-methyl/N-ethyl adjacent to an activating group) is 1. The van der Waals surface area contributed by atoms with Crippen molar-refractivity contribution in [3.8, 4) is 5.69 Å². The Hall–Kier alpha value is -5.00. The van der Waals surface area contributed by atoms with E-state index >= 15 is 0 Å². The molecule has 0 spiro atoms. The first-order chi connectivity index (χ1) is 19.5. The maximum Gasteiger partial charge on any atom is 0.416 e. The summed E-state index contributed by atoms with van der Waals surface area (Å²) in [5.74, 6) is -1.90. The van der Waals surface area contributed by atoms with Gasteiger partial charge in [0, 0.05) is 35.7 Å². The van der Waals surface area contributed by atoms with Gasteiger partial charge in [0.15, 0.2) is 0 Å². The van der Waals surface area contributed by atoms with Gasteiger partial charge in [-0.3, -0.25) is 24.6 Å². The first-order valence-corrected chi connectivity index (χ1v) is 12.7. The Labute approximate surface area is 232 Å². The van der Waals surface area contributed by atoms with Crippen LogP contribution in [-0.2, 0) is 11.0 Å². The largest absolute Gasteiger partial charge is 0.416 e. The monoisotopic (exact) mass is 563 g/mol. The van der Waals surface area contributed by atoms with Gasteiger partial charge in [0.2, 0.25) is 0 Å². The van der Waals surface area contributed by atoms with Crippen molar-refractivity contribution < 1.29 is 27.7 Å². The van der Waals surface area contributed by atoms with Gasteiger partial charge in [-0.25, -0.2) is 4.68 Å². The van der Waals surface area contributed by atoms with Crippen molar-refractivity contribution in [2.75, 3.05) is 11.4 Å². The molecule has 0 unspecified atom stereocenters. The van der Waals surface area contributed by atoms with E-state index in [4.69, 9.17) is 5.10 Å². The number of rotatable bonds is 6. The molecule has 9 nitrogen and oxygen atoms in total. The molecule has 5 rings (SSSR count). The maximum absolute atomic E-state index is 14.1. The Balaban J connectivity index is 1.68. The fourth-order valence-electron chi connectivity index (χ4n) is 5.18. The SMILES string of the molecule is CCN1C(=O)[C@H](NC(=O)c2cccc(C(F)(F)F)c2)[C@H](c2cccc([N+](=O)[O-])c2)c2c(C)nn(-c3ccccc3)c21. The minimum atomic E-state index is -4.67. The molecule has 0 aliphatic carbocycles. The number of alkyl halides is 3. The summed E-state index contributed by atoms with van der Waals surface area (Å²) in [7, 11) is 0. The molecular weight excluding hydrogens is 539 g/mol. The highest BCUT2D eigenvalue weighted by atomic mass is 19.4. The molecule has 0 saturated heterocycles. The zero-order valence-electron chi connectivity index (χ0n) is 21.9. The van der Waals surface area contributed by atoms with Gasteiger partial charge < -0.3 is 5.32 Å². The highest BCUT2D eigenvalue weighted by Gasteiger charge is 2.46. The number of amides is 2. The van der Waals surface area contributed by atoms with Gasteiger partial charge in [0.05, 0.1) is 21.9 Å². The molecular formula is C29H24F3N5O4. The highest BCUT2D eigenvalue weighted by molar-refractivity contribution is 6.05. The van der Waals surface area contributed by atoms with Crippen molar-refractivity contribution in [2.24, 2.45) is 0 Å². The van der Waals surface area contributed by atoms with Gasteiger partial charge in [0.25, 0.3) is 17.5 Å². The van der Waals surface area contributed by atoms with Crippen molar-refractivity contribution in [2.45, 2.75) is 32.0 Å². The van der Waals surface area contributed by atoms with E-state index in [1.165, 1.54) is 29.2 Å². The number of hydrogen-bond acceptors (Lipinski definition) is 5. The number of nitrogens with one attached hydrogen (secondary N) is 1. The fraction of sp³-hybridized carbons (Fsp3) is 0.207. The van der Waals surface area contributed by atoms with Crippen LogP contribution in [0.15, 0.2) is 78.9 Å². The molecule has 2 heterocycles. The number of aromatic nitrogens is 2. The van der Waals surface area contributed by atoms with E-state index in [-0.39, 0.29) is 17.8 Å². The van der Waals surface area contributed by atoms with Crippen molar-refractivity contribution in [1.29, 1.82) is 0 Å². The molecule has 1 N–H and O–H groups in total. The fourth-order valence-corrected chi connectivity index (χ4v) is 5.18. The summed E-state index contributed by atoms with van der Waals surface area (Å²) in [5, 5.41) is 18.9. The summed E-state index contributed by atoms with van der Waals surface area (Å²) in [6, 6.07) is 17.4. The average Bonchev–Trinajstić information content (AvgIpc) is 3.30. The molecule has 0 radical (unpaired) electrons. The second-order valence-corrected chi connectivity index (χ2v) is 9.51. The van der Waals surface area contributed by atoms with E-state index in [1.807, 2.05) is 30.3 Å². The van der Waals surface area contributed by atoms with Crippen molar-refractivity contribution in [1.82, 2.24) is 15.1 Å². The Morgan fingerprint density at radius 3 is 2.41 bits per heavy atom. The van der Waals surface area contributed by atoms with Gasteiger partial charge in [0.1, 0.15) is 11.9 Å². The number of carbonyl (C=O) groups excluding carboxylic acids is 2. The Morgan fingerprint density at radius 1 is 1.05 bits per heavy atom. The lowest BCUT2D eigenvalue weighted by atomic mass is 9.81. The van der Waals surface area contributed by atoms with Crippen LogP contribution in [0.3, 0.4) is 0 Å². The van der Waals surface area contributed by atoms with E-state index in [9.17, 15) is 32.9 Å². The molecule has 1 aromatic heterocycles. The first kappa shape index (κ1) is 27.6. The number of hydrogen-bond donors (Lipinski definition) is 1. The van der Waals surface area contributed by atoms with E-state index in [2.05, 4.69) is 5.32 Å². The maximum atomic E-state index is 14.1. The van der Waals surface area contributed by atoms with Gasteiger partial charge in [-0.2, -0.15) is 18.3 Å². The third kappa shape index (κ3) is 5.04. The van der Waals surface area contributed by atoms with Crippen molar-refractivity contribution >= 4 is 23.3 Å². The summed E-state index contributed by atoms with van der Waals surface area (Å²) in [6.07, 6.45) is -4.67. The van der Waals surface area contributed by atoms with E-state index in [0.717, 1.165) is 12.1 Å². The van der Waals surface area contributed by atoms with Crippen LogP contribution in [0.2, 0.25) is 0 Å². The van der Waals surface area contributed by atoms with Crippen LogP contribution in [0.5, 0.6) is 0 Å². The van der Waals surface area contributed by atoms with Crippen LogP contribution < -0.4 is 10.2 Å². The quantitative estimate of drug-likeness (QED) is 0.249. The van der Waals surface area contributed by atoms with Crippen molar-refractivity contribution in [3.05, 3.63) is 117 Å². The molecule has 4 aromatic rings. The molecule has 1 aliphatic rings. The minimum absolute atomic E-state index is 0.196. The molecule has 0 fully saturated rings. The summed E-state index contributed by atoms with van der Waals surface area (Å²) < 4.78 is 41.6. The predicted molar refractivity (Wildman–Crippen MR) is 144 cm³/mol. The third-order valence-corrected chi connectivity index (χ3v) is 7.01. The van der Waals surface area contributed by atoms with Crippen LogP contribution >= 0.6 is 0 Å². The Morgan fingerprint density at radius 2 is 1.76 bits per heavy atom. The summed E-state index contributed by atoms with van der Waals surface area (Å²) in [5.41, 5.74) is 0.617. The number of carbonyl (C=O) groups is 2. The molecule has 41 heavy (non-hydrogen) atoms. The van der Waals surface area contributed by atoms with E-state index in [1.54, 1.807) is 24.6 Å². The smallest absolute Gasteiger partial charge is 0.339 e. The molecule has 2 atom stereocenters. The van der Waals surface area contributed by atoms with Crippen LogP contribution in [0.25, 0.3) is 5.69 Å². The number of nitro groups is 1. The second kappa shape index (κ2) is 10.5. The Bertz CT molecular complexity index is 1650. The number of halogens is 3. The Kier molecular flexibility index (Phi) is 7.08. The van der Waals surface area contributed by atoms with E-state index in [0.29, 0.717) is 34.4 Å².